The lowest BCUT2D eigenvalue weighted by Crippen LogP contribution is -2.34. The Morgan fingerprint density at radius 2 is 2.00 bits per heavy atom. The molecule has 0 fully saturated rings. The van der Waals surface area contributed by atoms with E-state index in [2.05, 4.69) is 15.6 Å². The number of pyridine rings is 1. The first-order valence-corrected chi connectivity index (χ1v) is 10.7. The Kier molecular flexibility index (Phi) is 7.45. The number of carbonyl (C=O) groups excluding carboxylic acids is 2. The van der Waals surface area contributed by atoms with Crippen LogP contribution in [-0.2, 0) is 16.1 Å². The van der Waals surface area contributed by atoms with Crippen molar-refractivity contribution in [3.05, 3.63) is 47.2 Å². The van der Waals surface area contributed by atoms with Crippen molar-refractivity contribution >= 4 is 34.9 Å². The maximum Gasteiger partial charge on any atom is 0.407 e. The number of anilines is 1. The summed E-state index contributed by atoms with van der Waals surface area (Å²) in [5.41, 5.74) is 2.51. The Morgan fingerprint density at radius 3 is 2.67 bits per heavy atom. The number of ether oxygens (including phenoxy) is 2. The molecule has 3 aromatic rings. The molecule has 33 heavy (non-hydrogen) atoms. The maximum atomic E-state index is 12.2. The predicted octanol–water partition coefficient (Wildman–Crippen LogP) is 4.01. The van der Waals surface area contributed by atoms with Gasteiger partial charge in [-0.15, -0.1) is 0 Å². The number of rotatable bonds is 7. The summed E-state index contributed by atoms with van der Waals surface area (Å²) < 4.78 is 12.2. The van der Waals surface area contributed by atoms with E-state index < -0.39 is 11.7 Å². The van der Waals surface area contributed by atoms with Crippen LogP contribution in [-0.4, -0.2) is 45.7 Å². The van der Waals surface area contributed by atoms with E-state index in [0.29, 0.717) is 38.9 Å². The number of fused-ring (bicyclic) bond motifs is 1. The molecule has 0 aliphatic heterocycles. The lowest BCUT2D eigenvalue weighted by molar-refractivity contribution is -0.116. The van der Waals surface area contributed by atoms with Gasteiger partial charge in [-0.25, -0.2) is 9.78 Å². The molecule has 0 aliphatic rings. The van der Waals surface area contributed by atoms with E-state index >= 15 is 0 Å². The highest BCUT2D eigenvalue weighted by Crippen LogP contribution is 2.34. The molecular weight excluding hydrogens is 448 g/mol. The third-order valence-corrected chi connectivity index (χ3v) is 4.88. The summed E-state index contributed by atoms with van der Waals surface area (Å²) in [6.45, 7) is 5.26. The van der Waals surface area contributed by atoms with E-state index in [4.69, 9.17) is 21.1 Å². The van der Waals surface area contributed by atoms with Crippen LogP contribution in [0.4, 0.5) is 10.5 Å². The average molecular weight is 475 g/mol. The van der Waals surface area contributed by atoms with Gasteiger partial charge in [0.05, 0.1) is 24.4 Å². The second-order valence-electron chi connectivity index (χ2n) is 8.34. The van der Waals surface area contributed by atoms with Gasteiger partial charge in [0.25, 0.3) is 0 Å². The van der Waals surface area contributed by atoms with Crippen molar-refractivity contribution in [2.75, 3.05) is 19.0 Å². The van der Waals surface area contributed by atoms with Gasteiger partial charge < -0.3 is 29.6 Å². The van der Waals surface area contributed by atoms with Gasteiger partial charge in [-0.2, -0.15) is 0 Å². The largest absolute Gasteiger partial charge is 0.495 e. The Balaban J connectivity index is 1.69. The van der Waals surface area contributed by atoms with Crippen LogP contribution in [0.5, 0.6) is 5.75 Å². The Bertz CT molecular complexity index is 1170. The van der Waals surface area contributed by atoms with E-state index in [0.717, 1.165) is 0 Å². The second kappa shape index (κ2) is 10.1. The number of nitrogens with one attached hydrogen (secondary N) is 2. The second-order valence-corrected chi connectivity index (χ2v) is 8.74. The summed E-state index contributed by atoms with van der Waals surface area (Å²) in [6.07, 6.45) is 3.10. The van der Waals surface area contributed by atoms with Crippen molar-refractivity contribution in [3.8, 4) is 17.0 Å². The molecule has 2 heterocycles. The van der Waals surface area contributed by atoms with Crippen LogP contribution in [0.1, 0.15) is 32.8 Å². The molecule has 0 unspecified atom stereocenters. The molecule has 3 N–H and O–H groups in total. The number of benzene rings is 1. The summed E-state index contributed by atoms with van der Waals surface area (Å²) in [5, 5.41) is 15.5. The molecule has 1 aromatic carbocycles. The van der Waals surface area contributed by atoms with Crippen molar-refractivity contribution in [1.29, 1.82) is 0 Å². The standard InChI is InChI=1S/C23H27ClN4O5/c1-23(2,3)33-22(31)25-7-5-21(30)26-15-6-8-28-12-18(27-20(28)10-15)16-11-17(24)19(32-4)9-14(16)13-29/h6,8-12,29H,5,7,13H2,1-4H3,(H,25,31)(H,26,30). The third kappa shape index (κ3) is 6.36. The number of imidazole rings is 1. The van der Waals surface area contributed by atoms with E-state index in [9.17, 15) is 14.7 Å². The van der Waals surface area contributed by atoms with Crippen LogP contribution in [0.15, 0.2) is 36.7 Å². The van der Waals surface area contributed by atoms with Gasteiger partial charge in [0, 0.05) is 42.7 Å². The predicted molar refractivity (Wildman–Crippen MR) is 126 cm³/mol. The first kappa shape index (κ1) is 24.3. The number of methoxy groups -OCH3 is 1. The topological polar surface area (TPSA) is 114 Å². The monoisotopic (exact) mass is 474 g/mol. The van der Waals surface area contributed by atoms with Crippen LogP contribution >= 0.6 is 11.6 Å². The zero-order valence-electron chi connectivity index (χ0n) is 18.9. The van der Waals surface area contributed by atoms with Crippen molar-refractivity contribution < 1.29 is 24.2 Å². The lowest BCUT2D eigenvalue weighted by Gasteiger charge is -2.19. The minimum absolute atomic E-state index is 0.0916. The molecule has 0 radical (unpaired) electrons. The number of aliphatic hydroxyl groups excluding tert-OH is 1. The quantitative estimate of drug-likeness (QED) is 0.476. The van der Waals surface area contributed by atoms with Crippen LogP contribution < -0.4 is 15.4 Å². The van der Waals surface area contributed by atoms with Gasteiger partial charge in [0.1, 0.15) is 17.0 Å². The van der Waals surface area contributed by atoms with Crippen molar-refractivity contribution in [1.82, 2.24) is 14.7 Å². The minimum Gasteiger partial charge on any atom is -0.495 e. The molecule has 2 amide bonds. The molecule has 2 aromatic heterocycles. The molecule has 0 aliphatic carbocycles. The SMILES string of the molecule is COc1cc(CO)c(-c2cn3ccc(NC(=O)CCNC(=O)OC(C)(C)C)cc3n2)cc1Cl. The highest BCUT2D eigenvalue weighted by atomic mass is 35.5. The van der Waals surface area contributed by atoms with E-state index in [1.807, 2.05) is 6.20 Å². The van der Waals surface area contributed by atoms with Crippen molar-refractivity contribution in [2.45, 2.75) is 39.4 Å². The molecule has 0 atom stereocenters. The number of halogens is 1. The van der Waals surface area contributed by atoms with E-state index in [-0.39, 0.29) is 25.5 Å². The molecule has 0 saturated carbocycles. The summed E-state index contributed by atoms with van der Waals surface area (Å²) in [7, 11) is 1.51. The summed E-state index contributed by atoms with van der Waals surface area (Å²) >= 11 is 6.26. The van der Waals surface area contributed by atoms with E-state index in [1.54, 1.807) is 55.6 Å². The van der Waals surface area contributed by atoms with Crippen molar-refractivity contribution in [2.24, 2.45) is 0 Å². The Hall–Kier alpha value is -3.30. The van der Waals surface area contributed by atoms with Crippen LogP contribution in [0.25, 0.3) is 16.9 Å². The minimum atomic E-state index is -0.597. The Labute approximate surface area is 196 Å². The van der Waals surface area contributed by atoms with Gasteiger partial charge in [0.2, 0.25) is 5.91 Å². The van der Waals surface area contributed by atoms with Gasteiger partial charge in [0.15, 0.2) is 0 Å². The van der Waals surface area contributed by atoms with Gasteiger partial charge in [-0.1, -0.05) is 11.6 Å². The molecular formula is C23H27ClN4O5. The molecule has 0 spiro atoms. The van der Waals surface area contributed by atoms with Crippen LogP contribution in [0.2, 0.25) is 5.02 Å². The number of hydrogen-bond donors (Lipinski definition) is 3. The van der Waals surface area contributed by atoms with Crippen LogP contribution in [0, 0.1) is 0 Å². The van der Waals surface area contributed by atoms with Crippen molar-refractivity contribution in [3.63, 3.8) is 0 Å². The highest BCUT2D eigenvalue weighted by molar-refractivity contribution is 6.32. The smallest absolute Gasteiger partial charge is 0.407 e. The molecule has 176 valence electrons. The summed E-state index contributed by atoms with van der Waals surface area (Å²) in [5.74, 6) is 0.214. The zero-order valence-corrected chi connectivity index (χ0v) is 19.7. The fourth-order valence-corrected chi connectivity index (χ4v) is 3.37. The number of aliphatic hydroxyl groups is 1. The lowest BCUT2D eigenvalue weighted by atomic mass is 10.1. The fraction of sp³-hybridized carbons (Fsp3) is 0.348. The molecule has 0 bridgehead atoms. The fourth-order valence-electron chi connectivity index (χ4n) is 3.13. The number of hydrogen-bond acceptors (Lipinski definition) is 6. The molecule has 3 rings (SSSR count). The zero-order chi connectivity index (χ0) is 24.2. The first-order chi connectivity index (χ1) is 15.6. The number of amides is 2. The van der Waals surface area contributed by atoms with Gasteiger partial charge >= 0.3 is 6.09 Å². The number of alkyl carbamates (subject to hydrolysis) is 1. The number of carbonyl (C=O) groups is 2. The number of aromatic nitrogens is 2. The normalized spacial score (nSPS) is 11.3. The van der Waals surface area contributed by atoms with Crippen LogP contribution in [0.3, 0.4) is 0 Å². The molecule has 10 heteroatoms. The first-order valence-electron chi connectivity index (χ1n) is 10.3. The van der Waals surface area contributed by atoms with Gasteiger partial charge in [-0.05, 0) is 44.5 Å². The molecule has 0 saturated heterocycles. The maximum absolute atomic E-state index is 12.2. The summed E-state index contributed by atoms with van der Waals surface area (Å²) in [6, 6.07) is 6.85. The highest BCUT2D eigenvalue weighted by Gasteiger charge is 2.16. The average Bonchev–Trinajstić information content (AvgIpc) is 3.15. The third-order valence-electron chi connectivity index (χ3n) is 4.59. The molecule has 9 nitrogen and oxygen atoms in total. The number of nitrogens with zero attached hydrogens (tertiary/aromatic N) is 2. The van der Waals surface area contributed by atoms with Gasteiger partial charge in [-0.3, -0.25) is 4.79 Å². The Morgan fingerprint density at radius 1 is 1.24 bits per heavy atom. The summed E-state index contributed by atoms with van der Waals surface area (Å²) in [4.78, 5) is 28.5. The van der Waals surface area contributed by atoms with E-state index in [1.165, 1.54) is 7.11 Å².